The van der Waals surface area contributed by atoms with Gasteiger partial charge in [0.2, 0.25) is 9.04 Å². The monoisotopic (exact) mass is 384 g/mol. The molecule has 148 valence electrons. The summed E-state index contributed by atoms with van der Waals surface area (Å²) in [6.07, 6.45) is 6.50. The first kappa shape index (κ1) is 19.3. The maximum absolute atomic E-state index is 6.77. The van der Waals surface area contributed by atoms with Gasteiger partial charge in [-0.25, -0.2) is 0 Å². The van der Waals surface area contributed by atoms with Crippen molar-refractivity contribution < 1.29 is 9.16 Å². The topological polar surface area (TPSA) is 18.5 Å². The summed E-state index contributed by atoms with van der Waals surface area (Å²) in [5.74, 6) is 3.50. The average molecular weight is 385 g/mol. The van der Waals surface area contributed by atoms with E-state index in [1.165, 1.54) is 48.8 Å². The van der Waals surface area contributed by atoms with Crippen LogP contribution in [0.1, 0.15) is 64.0 Å². The fourth-order valence-electron chi connectivity index (χ4n) is 5.92. The minimum Gasteiger partial charge on any atom is -0.547 e. The summed E-state index contributed by atoms with van der Waals surface area (Å²) in [5, 5.41) is 0. The van der Waals surface area contributed by atoms with Crippen LogP contribution in [0.2, 0.25) is 13.1 Å². The molecular formula is C24H36O2Si. The van der Waals surface area contributed by atoms with Crippen LogP contribution in [0.25, 0.3) is 0 Å². The van der Waals surface area contributed by atoms with Crippen molar-refractivity contribution in [1.29, 1.82) is 0 Å². The Morgan fingerprint density at radius 1 is 1.11 bits per heavy atom. The molecule has 0 saturated heterocycles. The molecule has 0 spiro atoms. The predicted octanol–water partition coefficient (Wildman–Crippen LogP) is 6.00. The zero-order chi connectivity index (χ0) is 19.4. The van der Waals surface area contributed by atoms with Gasteiger partial charge in [-0.1, -0.05) is 45.5 Å². The highest BCUT2D eigenvalue weighted by atomic mass is 28.3. The molecule has 0 aromatic heterocycles. The molecule has 1 aromatic rings. The standard InChI is InChI=1S/C24H36O2Si/c1-16-20-11-17-10-18(12-20)14-24(16,13-17)25-15-19-8-7-9-21(23(2,3)4)22(19)26-27(5)6/h7-9,17-18,20,27H,1,10-15H2,2-6H3. The Bertz CT molecular complexity index is 716. The van der Waals surface area contributed by atoms with Crippen molar-refractivity contribution in [2.75, 3.05) is 0 Å². The second-order valence-electron chi connectivity index (χ2n) is 10.6. The number of rotatable bonds is 5. The third-order valence-corrected chi connectivity index (χ3v) is 7.69. The van der Waals surface area contributed by atoms with Crippen LogP contribution in [0.4, 0.5) is 0 Å². The molecular weight excluding hydrogens is 348 g/mol. The normalized spacial score (nSPS) is 32.4. The van der Waals surface area contributed by atoms with Crippen molar-refractivity contribution in [1.82, 2.24) is 0 Å². The van der Waals surface area contributed by atoms with Crippen LogP contribution in [-0.2, 0) is 16.8 Å². The fraction of sp³-hybridized carbons (Fsp3) is 0.667. The van der Waals surface area contributed by atoms with E-state index < -0.39 is 9.04 Å². The second kappa shape index (κ2) is 6.77. The van der Waals surface area contributed by atoms with Crippen molar-refractivity contribution in [2.24, 2.45) is 17.8 Å². The van der Waals surface area contributed by atoms with Crippen LogP contribution in [0.15, 0.2) is 30.4 Å². The van der Waals surface area contributed by atoms with Crippen molar-refractivity contribution in [2.45, 2.75) is 83.6 Å². The molecule has 2 nitrogen and oxygen atoms in total. The number of hydrogen-bond acceptors (Lipinski definition) is 2. The minimum atomic E-state index is -1.20. The molecule has 4 aliphatic carbocycles. The SMILES string of the molecule is C=C1C2CC3CC(C2)CC1(OCc1cccc(C(C)(C)C)c1O[SiH](C)C)C3. The molecule has 0 N–H and O–H groups in total. The molecule has 0 amide bonds. The van der Waals surface area contributed by atoms with Gasteiger partial charge in [0.15, 0.2) is 0 Å². The van der Waals surface area contributed by atoms with Gasteiger partial charge in [-0.3, -0.25) is 0 Å². The smallest absolute Gasteiger partial charge is 0.229 e. The van der Waals surface area contributed by atoms with Gasteiger partial charge in [-0.15, -0.1) is 0 Å². The Hall–Kier alpha value is -1.06. The van der Waals surface area contributed by atoms with Gasteiger partial charge in [-0.2, -0.15) is 0 Å². The summed E-state index contributed by atoms with van der Waals surface area (Å²) in [6.45, 7) is 16.4. The molecule has 4 aliphatic rings. The molecule has 0 aliphatic heterocycles. The Morgan fingerprint density at radius 3 is 2.37 bits per heavy atom. The van der Waals surface area contributed by atoms with Gasteiger partial charge >= 0.3 is 0 Å². The van der Waals surface area contributed by atoms with Crippen LogP contribution in [0.3, 0.4) is 0 Å². The molecule has 4 fully saturated rings. The lowest BCUT2D eigenvalue weighted by atomic mass is 9.52. The maximum Gasteiger partial charge on any atom is 0.229 e. The Morgan fingerprint density at radius 2 is 1.78 bits per heavy atom. The van der Waals surface area contributed by atoms with Crippen LogP contribution in [0.5, 0.6) is 5.75 Å². The highest BCUT2D eigenvalue weighted by Gasteiger charge is 2.54. The van der Waals surface area contributed by atoms with Crippen LogP contribution >= 0.6 is 0 Å². The van der Waals surface area contributed by atoms with E-state index in [2.05, 4.69) is 58.6 Å². The first-order valence-electron chi connectivity index (χ1n) is 10.8. The van der Waals surface area contributed by atoms with Crippen LogP contribution in [0, 0.1) is 17.8 Å². The lowest BCUT2D eigenvalue weighted by Crippen LogP contribution is -2.53. The zero-order valence-corrected chi connectivity index (χ0v) is 19.0. The maximum atomic E-state index is 6.77. The summed E-state index contributed by atoms with van der Waals surface area (Å²) in [5.41, 5.74) is 3.90. The van der Waals surface area contributed by atoms with E-state index in [0.717, 1.165) is 17.6 Å². The summed E-state index contributed by atoms with van der Waals surface area (Å²) in [6, 6.07) is 6.59. The minimum absolute atomic E-state index is 0.0684. The molecule has 1 aromatic carbocycles. The quantitative estimate of drug-likeness (QED) is 0.458. The predicted molar refractivity (Wildman–Crippen MR) is 115 cm³/mol. The third kappa shape index (κ3) is 3.53. The molecule has 3 heteroatoms. The molecule has 2 atom stereocenters. The second-order valence-corrected chi connectivity index (χ2v) is 12.9. The molecule has 4 saturated carbocycles. The van der Waals surface area contributed by atoms with E-state index in [0.29, 0.717) is 12.5 Å². The molecule has 27 heavy (non-hydrogen) atoms. The Labute approximate surface area is 167 Å². The van der Waals surface area contributed by atoms with Crippen LogP contribution < -0.4 is 4.43 Å². The van der Waals surface area contributed by atoms with E-state index >= 15 is 0 Å². The van der Waals surface area contributed by atoms with Gasteiger partial charge in [0, 0.05) is 5.56 Å². The highest BCUT2D eigenvalue weighted by molar-refractivity contribution is 6.49. The summed E-state index contributed by atoms with van der Waals surface area (Å²) in [4.78, 5) is 0. The fourth-order valence-corrected chi connectivity index (χ4v) is 6.67. The molecule has 4 bridgehead atoms. The van der Waals surface area contributed by atoms with Crippen molar-refractivity contribution in [3.63, 3.8) is 0 Å². The number of hydrogen-bond donors (Lipinski definition) is 0. The van der Waals surface area contributed by atoms with Crippen molar-refractivity contribution in [3.8, 4) is 5.75 Å². The van der Waals surface area contributed by atoms with Gasteiger partial charge in [0.05, 0.1) is 12.2 Å². The molecule has 0 heterocycles. The highest BCUT2D eigenvalue weighted by Crippen LogP contribution is 2.59. The van der Waals surface area contributed by atoms with E-state index in [-0.39, 0.29) is 11.0 Å². The summed E-state index contributed by atoms with van der Waals surface area (Å²) in [7, 11) is -1.20. The van der Waals surface area contributed by atoms with Crippen LogP contribution in [-0.4, -0.2) is 14.6 Å². The van der Waals surface area contributed by atoms with E-state index in [9.17, 15) is 0 Å². The van der Waals surface area contributed by atoms with E-state index in [1.54, 1.807) is 0 Å². The number of benzene rings is 1. The first-order valence-corrected chi connectivity index (χ1v) is 13.6. The van der Waals surface area contributed by atoms with Gasteiger partial charge < -0.3 is 9.16 Å². The van der Waals surface area contributed by atoms with E-state index in [1.807, 2.05) is 0 Å². The molecule has 0 radical (unpaired) electrons. The van der Waals surface area contributed by atoms with Gasteiger partial charge in [0.1, 0.15) is 5.75 Å². The zero-order valence-electron chi connectivity index (χ0n) is 17.8. The Kier molecular flexibility index (Phi) is 4.83. The van der Waals surface area contributed by atoms with Crippen molar-refractivity contribution >= 4 is 9.04 Å². The third-order valence-electron chi connectivity index (χ3n) is 6.98. The largest absolute Gasteiger partial charge is 0.547 e. The van der Waals surface area contributed by atoms with Gasteiger partial charge in [0.25, 0.3) is 0 Å². The lowest BCUT2D eigenvalue weighted by Gasteiger charge is -2.57. The first-order chi connectivity index (χ1) is 12.7. The lowest BCUT2D eigenvalue weighted by molar-refractivity contribution is -0.127. The summed E-state index contributed by atoms with van der Waals surface area (Å²) >= 11 is 0. The molecule has 2 unspecified atom stereocenters. The number of para-hydroxylation sites is 1. The van der Waals surface area contributed by atoms with Gasteiger partial charge in [-0.05, 0) is 79.5 Å². The Balaban J connectivity index is 1.60. The number of ether oxygens (including phenoxy) is 1. The van der Waals surface area contributed by atoms with Crippen molar-refractivity contribution in [3.05, 3.63) is 41.5 Å². The molecule has 5 rings (SSSR count). The van der Waals surface area contributed by atoms with E-state index in [4.69, 9.17) is 9.16 Å². The average Bonchev–Trinajstić information content (AvgIpc) is 2.56. The summed E-state index contributed by atoms with van der Waals surface area (Å²) < 4.78 is 13.2.